The second kappa shape index (κ2) is 8.47. The predicted molar refractivity (Wildman–Crippen MR) is 68.5 cm³/mol. The van der Waals surface area contributed by atoms with Gasteiger partial charge in [0.2, 0.25) is 5.91 Å². The Balaban J connectivity index is 4.29. The molecule has 0 unspecified atom stereocenters. The number of hydrogen-bond donors (Lipinski definition) is 4. The Morgan fingerprint density at radius 1 is 1.21 bits per heavy atom. The Kier molecular flexibility index (Phi) is 7.74. The molecule has 0 aliphatic rings. The van der Waals surface area contributed by atoms with Crippen LogP contribution in [0.3, 0.4) is 0 Å². The van der Waals surface area contributed by atoms with Crippen molar-refractivity contribution in [2.45, 2.75) is 51.6 Å². The lowest BCUT2D eigenvalue weighted by atomic mass is 10.0. The largest absolute Gasteiger partial charge is 0.481 e. The van der Waals surface area contributed by atoms with Crippen LogP contribution in [0, 0.1) is 5.92 Å². The van der Waals surface area contributed by atoms with Crippen LogP contribution in [0.15, 0.2) is 0 Å². The Bertz CT molecular complexity index is 330. The Labute approximate surface area is 112 Å². The molecule has 5 N–H and O–H groups in total. The SMILES string of the molecule is CC(C)C[C@@H](N)C(=O)N[C@H](CCCC(=O)O)C(=O)O. The van der Waals surface area contributed by atoms with Gasteiger partial charge in [0.15, 0.2) is 0 Å². The van der Waals surface area contributed by atoms with Crippen LogP contribution in [0.4, 0.5) is 0 Å². The van der Waals surface area contributed by atoms with E-state index < -0.39 is 29.9 Å². The molecular weight excluding hydrogens is 252 g/mol. The number of nitrogens with two attached hydrogens (primary N) is 1. The highest BCUT2D eigenvalue weighted by Gasteiger charge is 2.23. The molecule has 2 atom stereocenters. The third-order valence-corrected chi connectivity index (χ3v) is 2.56. The van der Waals surface area contributed by atoms with Crippen LogP contribution in [0.25, 0.3) is 0 Å². The monoisotopic (exact) mass is 274 g/mol. The van der Waals surface area contributed by atoms with Gasteiger partial charge < -0.3 is 21.3 Å². The topological polar surface area (TPSA) is 130 Å². The quantitative estimate of drug-likeness (QED) is 0.474. The van der Waals surface area contributed by atoms with Crippen molar-refractivity contribution in [2.75, 3.05) is 0 Å². The minimum atomic E-state index is -1.18. The molecule has 0 aromatic rings. The van der Waals surface area contributed by atoms with Crippen molar-refractivity contribution in [3.05, 3.63) is 0 Å². The van der Waals surface area contributed by atoms with E-state index in [1.54, 1.807) is 0 Å². The summed E-state index contributed by atoms with van der Waals surface area (Å²) in [5.41, 5.74) is 5.64. The zero-order valence-corrected chi connectivity index (χ0v) is 11.3. The first-order valence-electron chi connectivity index (χ1n) is 6.24. The highest BCUT2D eigenvalue weighted by atomic mass is 16.4. The van der Waals surface area contributed by atoms with Gasteiger partial charge in [0.05, 0.1) is 6.04 Å². The maximum atomic E-state index is 11.7. The van der Waals surface area contributed by atoms with Crippen LogP contribution in [0.5, 0.6) is 0 Å². The summed E-state index contributed by atoms with van der Waals surface area (Å²) < 4.78 is 0. The zero-order valence-electron chi connectivity index (χ0n) is 11.3. The fourth-order valence-electron chi connectivity index (χ4n) is 1.61. The van der Waals surface area contributed by atoms with Crippen molar-refractivity contribution in [3.8, 4) is 0 Å². The van der Waals surface area contributed by atoms with E-state index in [2.05, 4.69) is 5.32 Å². The maximum Gasteiger partial charge on any atom is 0.326 e. The summed E-state index contributed by atoms with van der Waals surface area (Å²) in [7, 11) is 0. The standard InChI is InChI=1S/C12H22N2O5/c1-7(2)6-8(13)11(17)14-9(12(18)19)4-3-5-10(15)16/h7-9H,3-6,13H2,1-2H3,(H,14,17)(H,15,16)(H,18,19)/t8-,9-/m1/s1. The van der Waals surface area contributed by atoms with Crippen LogP contribution < -0.4 is 11.1 Å². The van der Waals surface area contributed by atoms with Crippen LogP contribution in [0.2, 0.25) is 0 Å². The lowest BCUT2D eigenvalue weighted by Gasteiger charge is -2.18. The van der Waals surface area contributed by atoms with E-state index >= 15 is 0 Å². The van der Waals surface area contributed by atoms with Crippen molar-refractivity contribution < 1.29 is 24.6 Å². The fourth-order valence-corrected chi connectivity index (χ4v) is 1.61. The summed E-state index contributed by atoms with van der Waals surface area (Å²) >= 11 is 0. The summed E-state index contributed by atoms with van der Waals surface area (Å²) in [5, 5.41) is 19.8. The second-order valence-electron chi connectivity index (χ2n) is 4.92. The number of rotatable bonds is 9. The van der Waals surface area contributed by atoms with Crippen molar-refractivity contribution in [3.63, 3.8) is 0 Å². The molecule has 0 fully saturated rings. The summed E-state index contributed by atoms with van der Waals surface area (Å²) in [6.45, 7) is 3.82. The fraction of sp³-hybridized carbons (Fsp3) is 0.750. The number of carboxylic acid groups (broad SMARTS) is 2. The number of nitrogens with one attached hydrogen (secondary N) is 1. The van der Waals surface area contributed by atoms with Gasteiger partial charge in [-0.25, -0.2) is 4.79 Å². The van der Waals surface area contributed by atoms with E-state index in [1.165, 1.54) is 0 Å². The Hall–Kier alpha value is -1.63. The van der Waals surface area contributed by atoms with Gasteiger partial charge in [0.25, 0.3) is 0 Å². The first kappa shape index (κ1) is 17.4. The van der Waals surface area contributed by atoms with E-state index in [9.17, 15) is 14.4 Å². The number of carbonyl (C=O) groups excluding carboxylic acids is 1. The van der Waals surface area contributed by atoms with Gasteiger partial charge in [0.1, 0.15) is 6.04 Å². The van der Waals surface area contributed by atoms with Crippen molar-refractivity contribution in [1.29, 1.82) is 0 Å². The molecule has 0 rings (SSSR count). The smallest absolute Gasteiger partial charge is 0.326 e. The number of hydrogen-bond acceptors (Lipinski definition) is 4. The first-order chi connectivity index (χ1) is 8.73. The van der Waals surface area contributed by atoms with Crippen LogP contribution in [-0.2, 0) is 14.4 Å². The highest BCUT2D eigenvalue weighted by Crippen LogP contribution is 2.05. The minimum absolute atomic E-state index is 0.0712. The van der Waals surface area contributed by atoms with Crippen molar-refractivity contribution in [1.82, 2.24) is 5.32 Å². The first-order valence-corrected chi connectivity index (χ1v) is 6.24. The van der Waals surface area contributed by atoms with Crippen molar-refractivity contribution in [2.24, 2.45) is 11.7 Å². The van der Waals surface area contributed by atoms with Gasteiger partial charge in [-0.15, -0.1) is 0 Å². The summed E-state index contributed by atoms with van der Waals surface area (Å²) in [4.78, 5) is 33.0. The summed E-state index contributed by atoms with van der Waals surface area (Å²) in [5.74, 6) is -2.46. The van der Waals surface area contributed by atoms with E-state index in [0.29, 0.717) is 6.42 Å². The van der Waals surface area contributed by atoms with Gasteiger partial charge in [0, 0.05) is 6.42 Å². The molecule has 0 aliphatic carbocycles. The molecule has 0 aromatic heterocycles. The van der Waals surface area contributed by atoms with E-state index in [0.717, 1.165) is 0 Å². The molecule has 0 heterocycles. The van der Waals surface area contributed by atoms with Gasteiger partial charge in [-0.05, 0) is 25.2 Å². The molecule has 0 aromatic carbocycles. The summed E-state index contributed by atoms with van der Waals surface area (Å²) in [6, 6.07) is -1.84. The van der Waals surface area contributed by atoms with Gasteiger partial charge in [-0.1, -0.05) is 13.8 Å². The predicted octanol–water partition coefficient (Wildman–Crippen LogP) is 0.184. The molecule has 1 amide bonds. The molecule has 0 spiro atoms. The lowest BCUT2D eigenvalue weighted by molar-refractivity contribution is -0.143. The number of aliphatic carboxylic acids is 2. The molecule has 7 nitrogen and oxygen atoms in total. The molecule has 110 valence electrons. The second-order valence-corrected chi connectivity index (χ2v) is 4.92. The Morgan fingerprint density at radius 3 is 2.21 bits per heavy atom. The average molecular weight is 274 g/mol. The van der Waals surface area contributed by atoms with Gasteiger partial charge in [-0.3, -0.25) is 9.59 Å². The lowest BCUT2D eigenvalue weighted by Crippen LogP contribution is -2.48. The number of carbonyl (C=O) groups is 3. The molecule has 0 saturated carbocycles. The van der Waals surface area contributed by atoms with E-state index in [-0.39, 0.29) is 25.2 Å². The molecular formula is C12H22N2O5. The van der Waals surface area contributed by atoms with Gasteiger partial charge in [-0.2, -0.15) is 0 Å². The highest BCUT2D eigenvalue weighted by molar-refractivity contribution is 5.86. The number of carboxylic acids is 2. The third kappa shape index (κ3) is 8.15. The third-order valence-electron chi connectivity index (χ3n) is 2.56. The molecule has 0 bridgehead atoms. The molecule has 7 heteroatoms. The normalized spacial score (nSPS) is 13.9. The average Bonchev–Trinajstić information content (AvgIpc) is 2.25. The number of amides is 1. The van der Waals surface area contributed by atoms with Crippen LogP contribution in [-0.4, -0.2) is 40.1 Å². The van der Waals surface area contributed by atoms with E-state index in [1.807, 2.05) is 13.8 Å². The zero-order chi connectivity index (χ0) is 15.0. The molecule has 19 heavy (non-hydrogen) atoms. The van der Waals surface area contributed by atoms with Crippen LogP contribution >= 0.6 is 0 Å². The minimum Gasteiger partial charge on any atom is -0.481 e. The van der Waals surface area contributed by atoms with Crippen molar-refractivity contribution >= 4 is 17.8 Å². The van der Waals surface area contributed by atoms with Crippen LogP contribution in [0.1, 0.15) is 39.5 Å². The summed E-state index contributed by atoms with van der Waals surface area (Å²) in [6.07, 6.45) is 0.596. The van der Waals surface area contributed by atoms with Gasteiger partial charge >= 0.3 is 11.9 Å². The van der Waals surface area contributed by atoms with E-state index in [4.69, 9.17) is 15.9 Å². The Morgan fingerprint density at radius 2 is 1.79 bits per heavy atom. The molecule has 0 saturated heterocycles. The molecule has 0 radical (unpaired) electrons. The molecule has 0 aliphatic heterocycles. The maximum absolute atomic E-state index is 11.7.